The van der Waals surface area contributed by atoms with Crippen LogP contribution in [0.25, 0.3) is 0 Å². The lowest BCUT2D eigenvalue weighted by atomic mass is 9.72. The maximum Gasteiger partial charge on any atom is 0.303 e. The Morgan fingerprint density at radius 1 is 0.576 bits per heavy atom. The Labute approximate surface area is 189 Å². The van der Waals surface area contributed by atoms with Crippen LogP contribution in [0.15, 0.2) is 0 Å². The van der Waals surface area contributed by atoms with Gasteiger partial charge in [0, 0.05) is 48.0 Å². The van der Waals surface area contributed by atoms with Crippen molar-refractivity contribution >= 4 is 35.8 Å². The molecule has 0 aromatic carbocycles. The molecule has 0 heterocycles. The van der Waals surface area contributed by atoms with Crippen molar-refractivity contribution in [3.8, 4) is 0 Å². The summed E-state index contributed by atoms with van der Waals surface area (Å²) in [6, 6.07) is 0. The second-order valence-electron chi connectivity index (χ2n) is 7.36. The van der Waals surface area contributed by atoms with Gasteiger partial charge in [-0.3, -0.25) is 28.8 Å². The van der Waals surface area contributed by atoms with Crippen molar-refractivity contribution in [1.29, 1.82) is 0 Å². The Balaban J connectivity index is 3.75. The molecule has 0 bridgehead atoms. The van der Waals surface area contributed by atoms with Gasteiger partial charge < -0.3 is 33.5 Å². The minimum atomic E-state index is -2.41. The normalized spacial score (nSPS) is 28.6. The maximum atomic E-state index is 11.9. The third-order valence-electron chi connectivity index (χ3n) is 4.53. The van der Waals surface area contributed by atoms with Crippen molar-refractivity contribution in [1.82, 2.24) is 0 Å². The molecule has 1 N–H and O–H groups in total. The summed E-state index contributed by atoms with van der Waals surface area (Å²) < 4.78 is 30.9. The molecule has 186 valence electrons. The number of carbonyl (C=O) groups excluding carboxylic acids is 6. The van der Waals surface area contributed by atoms with Crippen LogP contribution in [0.4, 0.5) is 0 Å². The van der Waals surface area contributed by atoms with Crippen LogP contribution in [0.1, 0.15) is 48.0 Å². The molecule has 0 aromatic heterocycles. The molecule has 0 spiro atoms. The fourth-order valence-electron chi connectivity index (χ4n) is 3.57. The van der Waals surface area contributed by atoms with Crippen LogP contribution >= 0.6 is 0 Å². The van der Waals surface area contributed by atoms with Gasteiger partial charge in [-0.05, 0) is 0 Å². The topological polar surface area (TPSA) is 178 Å². The van der Waals surface area contributed by atoms with E-state index in [0.717, 1.165) is 41.5 Å². The van der Waals surface area contributed by atoms with Crippen molar-refractivity contribution in [2.45, 2.75) is 84.1 Å². The predicted molar refractivity (Wildman–Crippen MR) is 104 cm³/mol. The molecule has 0 saturated heterocycles. The van der Waals surface area contributed by atoms with Gasteiger partial charge in [0.05, 0.1) is 6.61 Å². The highest BCUT2D eigenvalue weighted by atomic mass is 16.7. The Bertz CT molecular complexity index is 745. The molecule has 0 amide bonds. The first kappa shape index (κ1) is 27.8. The number of aliphatic hydroxyl groups is 1. The van der Waals surface area contributed by atoms with Crippen molar-refractivity contribution in [2.24, 2.45) is 0 Å². The van der Waals surface area contributed by atoms with Gasteiger partial charge in [-0.1, -0.05) is 0 Å². The molecular formula is C20H28O13. The number of esters is 6. The lowest BCUT2D eigenvalue weighted by Crippen LogP contribution is -2.74. The van der Waals surface area contributed by atoms with E-state index in [-0.39, 0.29) is 0 Å². The third kappa shape index (κ3) is 7.70. The van der Waals surface area contributed by atoms with E-state index in [9.17, 15) is 33.9 Å². The van der Waals surface area contributed by atoms with Crippen molar-refractivity contribution in [2.75, 3.05) is 6.61 Å². The Kier molecular flexibility index (Phi) is 9.77. The number of hydrogen-bond donors (Lipinski definition) is 1. The maximum absolute atomic E-state index is 11.9. The number of hydrogen-bond acceptors (Lipinski definition) is 13. The summed E-state index contributed by atoms with van der Waals surface area (Å²) in [5.41, 5.74) is -2.41. The lowest BCUT2D eigenvalue weighted by Gasteiger charge is -2.52. The first-order valence-corrected chi connectivity index (χ1v) is 9.90. The first-order valence-electron chi connectivity index (χ1n) is 9.90. The van der Waals surface area contributed by atoms with Gasteiger partial charge in [0.15, 0.2) is 30.5 Å². The fraction of sp³-hybridized carbons (Fsp3) is 0.700. The van der Waals surface area contributed by atoms with E-state index in [1.54, 1.807) is 0 Å². The smallest absolute Gasteiger partial charge is 0.303 e. The molecule has 1 rings (SSSR count). The predicted octanol–water partition coefficient (Wildman–Crippen LogP) is -0.657. The van der Waals surface area contributed by atoms with Crippen LogP contribution in [-0.4, -0.2) is 83.7 Å². The SMILES string of the molecule is CC(=O)OCC[C@]1(O)C(OC(C)=O)C(OC(C)=O)[C@H](OC(C)=O)C(OC(C)=O)C1OC(C)=O. The second kappa shape index (κ2) is 11.6. The molecule has 13 heteroatoms. The summed E-state index contributed by atoms with van der Waals surface area (Å²) in [5, 5.41) is 11.7. The zero-order chi connectivity index (χ0) is 25.5. The monoisotopic (exact) mass is 476 g/mol. The quantitative estimate of drug-likeness (QED) is 0.345. The number of rotatable bonds is 8. The fourth-order valence-corrected chi connectivity index (χ4v) is 3.57. The number of ether oxygens (including phenoxy) is 6. The minimum absolute atomic E-state index is 0.445. The van der Waals surface area contributed by atoms with Crippen LogP contribution in [0.5, 0.6) is 0 Å². The molecule has 33 heavy (non-hydrogen) atoms. The zero-order valence-electron chi connectivity index (χ0n) is 19.1. The van der Waals surface area contributed by atoms with E-state index in [0.29, 0.717) is 0 Å². The van der Waals surface area contributed by atoms with Gasteiger partial charge in [0.25, 0.3) is 0 Å². The van der Waals surface area contributed by atoms with Crippen molar-refractivity contribution < 1.29 is 62.3 Å². The molecule has 4 unspecified atom stereocenters. The van der Waals surface area contributed by atoms with Crippen LogP contribution in [-0.2, 0) is 57.2 Å². The Morgan fingerprint density at radius 3 is 1.21 bits per heavy atom. The van der Waals surface area contributed by atoms with Gasteiger partial charge in [-0.25, -0.2) is 0 Å². The van der Waals surface area contributed by atoms with Gasteiger partial charge in [-0.2, -0.15) is 0 Å². The molecule has 1 aliphatic carbocycles. The first-order chi connectivity index (χ1) is 15.2. The van der Waals surface area contributed by atoms with E-state index >= 15 is 0 Å². The molecule has 0 aromatic rings. The van der Waals surface area contributed by atoms with Crippen molar-refractivity contribution in [3.05, 3.63) is 0 Å². The van der Waals surface area contributed by atoms with E-state index in [1.165, 1.54) is 0 Å². The molecule has 1 aliphatic rings. The number of carbonyl (C=O) groups is 6. The van der Waals surface area contributed by atoms with E-state index in [1.807, 2.05) is 0 Å². The van der Waals surface area contributed by atoms with Crippen LogP contribution in [0, 0.1) is 0 Å². The van der Waals surface area contributed by atoms with Crippen LogP contribution in [0.3, 0.4) is 0 Å². The molecule has 13 nitrogen and oxygen atoms in total. The summed E-state index contributed by atoms with van der Waals surface area (Å²) >= 11 is 0. The van der Waals surface area contributed by atoms with Gasteiger partial charge in [0.1, 0.15) is 5.60 Å². The van der Waals surface area contributed by atoms with Crippen LogP contribution < -0.4 is 0 Å². The molecule has 0 radical (unpaired) electrons. The second-order valence-corrected chi connectivity index (χ2v) is 7.36. The summed E-state index contributed by atoms with van der Waals surface area (Å²) in [6.07, 6.45) is -9.09. The lowest BCUT2D eigenvalue weighted by molar-refractivity contribution is -0.288. The Morgan fingerprint density at radius 2 is 0.909 bits per heavy atom. The van der Waals surface area contributed by atoms with Gasteiger partial charge in [-0.15, -0.1) is 0 Å². The summed E-state index contributed by atoms with van der Waals surface area (Å²) in [4.78, 5) is 70.4. The van der Waals surface area contributed by atoms with E-state index < -0.39 is 85.0 Å². The average Bonchev–Trinajstić information content (AvgIpc) is 2.63. The van der Waals surface area contributed by atoms with Gasteiger partial charge in [0.2, 0.25) is 0 Å². The molecule has 1 fully saturated rings. The van der Waals surface area contributed by atoms with Crippen LogP contribution in [0.2, 0.25) is 0 Å². The van der Waals surface area contributed by atoms with E-state index in [4.69, 9.17) is 28.4 Å². The summed E-state index contributed by atoms with van der Waals surface area (Å²) in [6.45, 7) is 5.68. The highest BCUT2D eigenvalue weighted by molar-refractivity contribution is 5.70. The molecule has 1 saturated carbocycles. The largest absolute Gasteiger partial charge is 0.466 e. The van der Waals surface area contributed by atoms with Gasteiger partial charge >= 0.3 is 35.8 Å². The average molecular weight is 476 g/mol. The third-order valence-corrected chi connectivity index (χ3v) is 4.53. The zero-order valence-corrected chi connectivity index (χ0v) is 19.1. The highest BCUT2D eigenvalue weighted by Gasteiger charge is 2.66. The summed E-state index contributed by atoms with van der Waals surface area (Å²) in [5.74, 6) is -5.29. The summed E-state index contributed by atoms with van der Waals surface area (Å²) in [7, 11) is 0. The molecule has 0 aliphatic heterocycles. The standard InChI is InChI=1S/C20H28O13/c1-9(21)28-8-7-20(27)18(32-13(5)25)16(30-11(3)23)15(29-10(2)22)17(31-12(4)24)19(20)33-14(6)26/h15-19,27H,7-8H2,1-6H3/t15-,16?,17?,18?,19?,20-. The molecule has 4 atom stereocenters. The molecular weight excluding hydrogens is 448 g/mol. The Hall–Kier alpha value is -3.22. The minimum Gasteiger partial charge on any atom is -0.466 e. The van der Waals surface area contributed by atoms with Crippen molar-refractivity contribution in [3.63, 3.8) is 0 Å². The van der Waals surface area contributed by atoms with E-state index in [2.05, 4.69) is 0 Å². The highest BCUT2D eigenvalue weighted by Crippen LogP contribution is 2.41.